The molecule has 0 atom stereocenters. The molecule has 2 amide bonds. The highest BCUT2D eigenvalue weighted by Gasteiger charge is 2.29. The zero-order chi connectivity index (χ0) is 21.5. The van der Waals surface area contributed by atoms with Crippen molar-refractivity contribution in [1.29, 1.82) is 0 Å². The van der Waals surface area contributed by atoms with Crippen LogP contribution in [0.4, 0.5) is 11.5 Å². The van der Waals surface area contributed by atoms with E-state index in [1.807, 2.05) is 19.1 Å². The number of rotatable bonds is 3. The summed E-state index contributed by atoms with van der Waals surface area (Å²) >= 11 is 5.98. The smallest absolute Gasteiger partial charge is 0.255 e. The zero-order valence-electron chi connectivity index (χ0n) is 17.0. The predicted molar refractivity (Wildman–Crippen MR) is 117 cm³/mol. The molecular weight excluding hydrogens is 416 g/mol. The molecule has 0 bridgehead atoms. The molecule has 2 aliphatic heterocycles. The van der Waals surface area contributed by atoms with E-state index < -0.39 is 0 Å². The van der Waals surface area contributed by atoms with Crippen molar-refractivity contribution in [2.45, 2.75) is 26.4 Å². The molecule has 5 rings (SSSR count). The summed E-state index contributed by atoms with van der Waals surface area (Å²) in [6, 6.07) is 9.12. The lowest BCUT2D eigenvalue weighted by Crippen LogP contribution is -2.40. The fourth-order valence-electron chi connectivity index (χ4n) is 4.03. The minimum absolute atomic E-state index is 0.0783. The van der Waals surface area contributed by atoms with E-state index >= 15 is 0 Å². The molecule has 0 saturated carbocycles. The van der Waals surface area contributed by atoms with Gasteiger partial charge in [0, 0.05) is 42.0 Å². The van der Waals surface area contributed by atoms with E-state index in [1.165, 1.54) is 0 Å². The number of aromatic nitrogens is 3. The van der Waals surface area contributed by atoms with E-state index in [4.69, 9.17) is 11.6 Å². The Bertz CT molecular complexity index is 1170. The Hall–Kier alpha value is -3.39. The number of amides is 2. The van der Waals surface area contributed by atoms with Gasteiger partial charge >= 0.3 is 0 Å². The molecular formula is C22H21ClN6O2. The molecule has 0 saturated heterocycles. The first-order valence-electron chi connectivity index (χ1n) is 10.1. The fraction of sp³-hybridized carbons (Fsp3) is 0.273. The molecule has 0 spiro atoms. The summed E-state index contributed by atoms with van der Waals surface area (Å²) < 4.78 is 0. The van der Waals surface area contributed by atoms with Crippen molar-refractivity contribution in [2.24, 2.45) is 0 Å². The average Bonchev–Trinajstić information content (AvgIpc) is 3.16. The number of carbonyl (C=O) groups is 2. The van der Waals surface area contributed by atoms with Gasteiger partial charge in [-0.15, -0.1) is 0 Å². The Morgan fingerprint density at radius 1 is 1.26 bits per heavy atom. The van der Waals surface area contributed by atoms with Gasteiger partial charge in [0.2, 0.25) is 5.91 Å². The number of benzene rings is 1. The molecule has 8 nitrogen and oxygen atoms in total. The van der Waals surface area contributed by atoms with Crippen LogP contribution in [0.25, 0.3) is 0 Å². The van der Waals surface area contributed by atoms with Crippen molar-refractivity contribution in [3.8, 4) is 0 Å². The molecule has 3 aromatic rings. The molecule has 4 heterocycles. The van der Waals surface area contributed by atoms with E-state index in [2.05, 4.69) is 20.5 Å². The number of halogens is 1. The topological polar surface area (TPSA) is 94.2 Å². The van der Waals surface area contributed by atoms with E-state index in [1.54, 1.807) is 34.2 Å². The van der Waals surface area contributed by atoms with Crippen LogP contribution in [-0.4, -0.2) is 45.0 Å². The molecule has 2 aliphatic rings. The van der Waals surface area contributed by atoms with Crippen LogP contribution in [-0.2, 0) is 24.3 Å². The van der Waals surface area contributed by atoms with Gasteiger partial charge in [0.15, 0.2) is 5.82 Å². The molecule has 31 heavy (non-hydrogen) atoms. The van der Waals surface area contributed by atoms with Crippen LogP contribution in [0.3, 0.4) is 0 Å². The zero-order valence-corrected chi connectivity index (χ0v) is 17.7. The Morgan fingerprint density at radius 3 is 2.87 bits per heavy atom. The minimum atomic E-state index is -0.106. The second-order valence-corrected chi connectivity index (χ2v) is 8.24. The normalized spacial score (nSPS) is 15.4. The minimum Gasteiger partial charge on any atom is -0.359 e. The number of hydrogen-bond donors (Lipinski definition) is 2. The van der Waals surface area contributed by atoms with E-state index in [-0.39, 0.29) is 18.4 Å². The van der Waals surface area contributed by atoms with Crippen molar-refractivity contribution in [3.63, 3.8) is 0 Å². The maximum Gasteiger partial charge on any atom is 0.255 e. The van der Waals surface area contributed by atoms with Crippen molar-refractivity contribution in [2.75, 3.05) is 23.3 Å². The van der Waals surface area contributed by atoms with Crippen molar-refractivity contribution in [3.05, 3.63) is 69.6 Å². The molecule has 158 valence electrons. The third-order valence-electron chi connectivity index (χ3n) is 5.78. The number of aromatic amines is 1. The van der Waals surface area contributed by atoms with Gasteiger partial charge in [0.25, 0.3) is 5.91 Å². The Kier molecular flexibility index (Phi) is 4.86. The number of hydrogen-bond acceptors (Lipinski definition) is 5. The highest BCUT2D eigenvalue weighted by molar-refractivity contribution is 6.30. The standard InChI is InChI=1S/C22H21ClN6O2/c1-13-17-12-28(7-6-18(17)27-26-13)22(31)15-8-19-21(24-9-15)25-10-20(30)29(19)11-14-2-4-16(23)5-3-14/h2-5,8-9H,6-7,10-12H2,1H3,(H,24,25)(H,26,27). The number of anilines is 2. The first-order chi connectivity index (χ1) is 15.0. The van der Waals surface area contributed by atoms with Gasteiger partial charge < -0.3 is 15.1 Å². The number of carbonyl (C=O) groups excluding carboxylic acids is 2. The molecule has 0 aliphatic carbocycles. The lowest BCUT2D eigenvalue weighted by Gasteiger charge is -2.31. The molecule has 2 N–H and O–H groups in total. The summed E-state index contributed by atoms with van der Waals surface area (Å²) in [4.78, 5) is 33.8. The van der Waals surface area contributed by atoms with Crippen LogP contribution < -0.4 is 10.2 Å². The fourth-order valence-corrected chi connectivity index (χ4v) is 4.16. The molecule has 0 fully saturated rings. The third kappa shape index (κ3) is 3.63. The number of nitrogens with zero attached hydrogens (tertiary/aromatic N) is 4. The number of pyridine rings is 1. The first-order valence-corrected chi connectivity index (χ1v) is 10.5. The first kappa shape index (κ1) is 19.6. The summed E-state index contributed by atoms with van der Waals surface area (Å²) in [6.45, 7) is 3.62. The monoisotopic (exact) mass is 436 g/mol. The second kappa shape index (κ2) is 7.70. The lowest BCUT2D eigenvalue weighted by molar-refractivity contribution is -0.117. The van der Waals surface area contributed by atoms with Crippen molar-refractivity contribution >= 4 is 34.9 Å². The number of aryl methyl sites for hydroxylation is 1. The molecule has 1 aromatic carbocycles. The van der Waals surface area contributed by atoms with Gasteiger partial charge in [-0.2, -0.15) is 5.10 Å². The predicted octanol–water partition coefficient (Wildman–Crippen LogP) is 2.92. The van der Waals surface area contributed by atoms with E-state index in [0.29, 0.717) is 48.1 Å². The van der Waals surface area contributed by atoms with Gasteiger partial charge in [0.1, 0.15) is 0 Å². The maximum atomic E-state index is 13.2. The lowest BCUT2D eigenvalue weighted by atomic mass is 10.0. The Labute approximate surface area is 184 Å². The van der Waals surface area contributed by atoms with Crippen LogP contribution in [0.1, 0.15) is 32.9 Å². The quantitative estimate of drug-likeness (QED) is 0.658. The summed E-state index contributed by atoms with van der Waals surface area (Å²) in [6.07, 6.45) is 2.29. The van der Waals surface area contributed by atoms with Crippen LogP contribution in [0.2, 0.25) is 5.02 Å². The Morgan fingerprint density at radius 2 is 2.06 bits per heavy atom. The second-order valence-electron chi connectivity index (χ2n) is 7.80. The van der Waals surface area contributed by atoms with Crippen LogP contribution in [0, 0.1) is 6.92 Å². The molecule has 0 unspecified atom stereocenters. The van der Waals surface area contributed by atoms with Crippen LogP contribution in [0.5, 0.6) is 0 Å². The van der Waals surface area contributed by atoms with E-state index in [0.717, 1.165) is 22.5 Å². The number of nitrogens with one attached hydrogen (secondary N) is 2. The number of fused-ring (bicyclic) bond motifs is 2. The molecule has 0 radical (unpaired) electrons. The van der Waals surface area contributed by atoms with Crippen molar-refractivity contribution in [1.82, 2.24) is 20.1 Å². The Balaban J connectivity index is 1.42. The van der Waals surface area contributed by atoms with Gasteiger partial charge in [-0.25, -0.2) is 4.98 Å². The SMILES string of the molecule is Cc1[nH]nc2c1CN(C(=O)c1cnc3c(c1)N(Cc1ccc(Cl)cc1)C(=O)CN3)CC2. The van der Waals surface area contributed by atoms with Crippen molar-refractivity contribution < 1.29 is 9.59 Å². The highest BCUT2D eigenvalue weighted by Crippen LogP contribution is 2.31. The summed E-state index contributed by atoms with van der Waals surface area (Å²) in [5.41, 5.74) is 5.09. The van der Waals surface area contributed by atoms with Gasteiger partial charge in [-0.1, -0.05) is 23.7 Å². The highest BCUT2D eigenvalue weighted by atomic mass is 35.5. The summed E-state index contributed by atoms with van der Waals surface area (Å²) in [7, 11) is 0. The largest absolute Gasteiger partial charge is 0.359 e. The number of H-pyrrole nitrogens is 1. The average molecular weight is 437 g/mol. The van der Waals surface area contributed by atoms with Crippen LogP contribution in [0.15, 0.2) is 36.5 Å². The summed E-state index contributed by atoms with van der Waals surface area (Å²) in [5, 5.41) is 11.0. The molecule has 2 aromatic heterocycles. The van der Waals surface area contributed by atoms with E-state index in [9.17, 15) is 9.59 Å². The van der Waals surface area contributed by atoms with Gasteiger partial charge in [0.05, 0.1) is 30.0 Å². The summed E-state index contributed by atoms with van der Waals surface area (Å²) in [5.74, 6) is 0.410. The maximum absolute atomic E-state index is 13.2. The third-order valence-corrected chi connectivity index (χ3v) is 6.03. The van der Waals surface area contributed by atoms with Crippen LogP contribution >= 0.6 is 11.6 Å². The molecule has 9 heteroatoms. The van der Waals surface area contributed by atoms with Gasteiger partial charge in [-0.3, -0.25) is 14.7 Å². The van der Waals surface area contributed by atoms with Gasteiger partial charge in [-0.05, 0) is 30.7 Å².